The van der Waals surface area contributed by atoms with Gasteiger partial charge in [-0.05, 0) is 17.7 Å². The predicted molar refractivity (Wildman–Crippen MR) is 84.4 cm³/mol. The van der Waals surface area contributed by atoms with Crippen molar-refractivity contribution in [1.29, 1.82) is 0 Å². The number of benzene rings is 2. The van der Waals surface area contributed by atoms with Crippen molar-refractivity contribution in [2.24, 2.45) is 5.10 Å². The summed E-state index contributed by atoms with van der Waals surface area (Å²) < 4.78 is 0. The van der Waals surface area contributed by atoms with E-state index in [4.69, 9.17) is 0 Å². The van der Waals surface area contributed by atoms with Crippen LogP contribution in [0.3, 0.4) is 0 Å². The molecule has 0 unspecified atom stereocenters. The number of nitrogens with zero attached hydrogens (tertiary/aromatic N) is 3. The number of carboxylic acids is 1. The molecule has 1 aliphatic rings. The Balaban J connectivity index is 1.98. The molecule has 7 nitrogen and oxygen atoms in total. The van der Waals surface area contributed by atoms with E-state index < -0.39 is 10.9 Å². The predicted octanol–water partition coefficient (Wildman–Crippen LogP) is 2.99. The molecule has 1 aliphatic heterocycles. The molecule has 7 heteroatoms. The van der Waals surface area contributed by atoms with Gasteiger partial charge in [-0.25, -0.2) is 4.79 Å². The molecular formula is C16H13N3O4. The second-order valence-corrected chi connectivity index (χ2v) is 5.10. The second kappa shape index (κ2) is 5.88. The molecule has 0 aromatic heterocycles. The van der Waals surface area contributed by atoms with Crippen LogP contribution in [0.4, 0.5) is 11.4 Å². The van der Waals surface area contributed by atoms with Crippen molar-refractivity contribution in [1.82, 2.24) is 0 Å². The third-order valence-corrected chi connectivity index (χ3v) is 3.67. The molecule has 1 N–H and O–H groups in total. The Labute approximate surface area is 131 Å². The van der Waals surface area contributed by atoms with Crippen LogP contribution in [-0.4, -0.2) is 21.7 Å². The highest BCUT2D eigenvalue weighted by Crippen LogP contribution is 2.35. The second-order valence-electron chi connectivity index (χ2n) is 5.10. The summed E-state index contributed by atoms with van der Waals surface area (Å²) in [7, 11) is 0. The van der Waals surface area contributed by atoms with Crippen LogP contribution in [0.15, 0.2) is 59.7 Å². The van der Waals surface area contributed by atoms with E-state index in [1.807, 2.05) is 30.3 Å². The minimum Gasteiger partial charge on any atom is -0.477 e. The van der Waals surface area contributed by atoms with Gasteiger partial charge in [-0.3, -0.25) is 15.1 Å². The summed E-state index contributed by atoms with van der Waals surface area (Å²) in [5.74, 6) is -1.06. The summed E-state index contributed by atoms with van der Waals surface area (Å²) in [6.45, 7) is 0. The minimum atomic E-state index is -1.06. The van der Waals surface area contributed by atoms with Crippen molar-refractivity contribution in [3.05, 3.63) is 70.3 Å². The number of nitro groups is 1. The third kappa shape index (κ3) is 2.89. The first-order valence-electron chi connectivity index (χ1n) is 6.95. The molecule has 116 valence electrons. The number of carboxylic acid groups (broad SMARTS) is 1. The zero-order valence-electron chi connectivity index (χ0n) is 12.0. The molecule has 2 aromatic rings. The number of aliphatic carboxylic acids is 1. The average molecular weight is 311 g/mol. The van der Waals surface area contributed by atoms with Crippen molar-refractivity contribution < 1.29 is 14.8 Å². The van der Waals surface area contributed by atoms with Crippen molar-refractivity contribution in [3.63, 3.8) is 0 Å². The average Bonchev–Trinajstić information content (AvgIpc) is 3.01. The van der Waals surface area contributed by atoms with Crippen LogP contribution in [0.1, 0.15) is 18.0 Å². The van der Waals surface area contributed by atoms with Gasteiger partial charge >= 0.3 is 5.97 Å². The van der Waals surface area contributed by atoms with E-state index >= 15 is 0 Å². The van der Waals surface area contributed by atoms with Crippen molar-refractivity contribution in [3.8, 4) is 0 Å². The van der Waals surface area contributed by atoms with Gasteiger partial charge in [0.1, 0.15) is 5.71 Å². The lowest BCUT2D eigenvalue weighted by Gasteiger charge is -2.23. The van der Waals surface area contributed by atoms with Crippen LogP contribution >= 0.6 is 0 Å². The number of nitro benzene ring substituents is 1. The molecule has 0 amide bonds. The topological polar surface area (TPSA) is 96.0 Å². The molecule has 2 aromatic carbocycles. The molecule has 0 saturated carbocycles. The van der Waals surface area contributed by atoms with Gasteiger partial charge in [0.25, 0.3) is 5.69 Å². The smallest absolute Gasteiger partial charge is 0.352 e. The van der Waals surface area contributed by atoms with E-state index in [2.05, 4.69) is 5.10 Å². The molecule has 0 radical (unpaired) electrons. The zero-order valence-corrected chi connectivity index (χ0v) is 12.0. The normalized spacial score (nSPS) is 17.0. The molecule has 1 atom stereocenters. The highest BCUT2D eigenvalue weighted by atomic mass is 16.6. The van der Waals surface area contributed by atoms with Crippen LogP contribution < -0.4 is 5.01 Å². The van der Waals surface area contributed by atoms with Crippen molar-refractivity contribution >= 4 is 23.1 Å². The maximum absolute atomic E-state index is 11.3. The fraction of sp³-hybridized carbons (Fsp3) is 0.125. The number of hydrazone groups is 1. The number of hydrogen-bond donors (Lipinski definition) is 1. The quantitative estimate of drug-likeness (QED) is 0.691. The monoisotopic (exact) mass is 311 g/mol. The summed E-state index contributed by atoms with van der Waals surface area (Å²) in [6, 6.07) is 15.1. The molecule has 3 rings (SSSR count). The lowest BCUT2D eigenvalue weighted by atomic mass is 10.0. The number of non-ortho nitro benzene ring substituents is 1. The summed E-state index contributed by atoms with van der Waals surface area (Å²) in [4.78, 5) is 21.5. The first-order chi connectivity index (χ1) is 11.1. The van der Waals surface area contributed by atoms with Crippen molar-refractivity contribution in [2.75, 3.05) is 5.01 Å². The Morgan fingerprint density at radius 3 is 2.39 bits per heavy atom. The lowest BCUT2D eigenvalue weighted by Crippen LogP contribution is -2.18. The van der Waals surface area contributed by atoms with Gasteiger partial charge in [0, 0.05) is 18.6 Å². The number of anilines is 1. The van der Waals surface area contributed by atoms with E-state index in [0.29, 0.717) is 5.69 Å². The number of hydrogen-bond acceptors (Lipinski definition) is 5. The number of carbonyl (C=O) groups is 1. The molecule has 23 heavy (non-hydrogen) atoms. The fourth-order valence-corrected chi connectivity index (χ4v) is 2.54. The van der Waals surface area contributed by atoms with Gasteiger partial charge < -0.3 is 5.11 Å². The molecular weight excluding hydrogens is 298 g/mol. The first kappa shape index (κ1) is 14.7. The Hall–Kier alpha value is -3.22. The summed E-state index contributed by atoms with van der Waals surface area (Å²) in [5.41, 5.74) is 1.59. The maximum atomic E-state index is 11.3. The molecule has 0 bridgehead atoms. The highest BCUT2D eigenvalue weighted by molar-refractivity contribution is 6.36. The zero-order chi connectivity index (χ0) is 16.4. The van der Waals surface area contributed by atoms with Gasteiger partial charge in [0.05, 0.1) is 16.7 Å². The highest BCUT2D eigenvalue weighted by Gasteiger charge is 2.32. The van der Waals surface area contributed by atoms with E-state index in [0.717, 1.165) is 5.56 Å². The van der Waals surface area contributed by atoms with Crippen LogP contribution in [0.2, 0.25) is 0 Å². The molecule has 0 saturated heterocycles. The Morgan fingerprint density at radius 1 is 1.17 bits per heavy atom. The van der Waals surface area contributed by atoms with E-state index in [-0.39, 0.29) is 23.9 Å². The van der Waals surface area contributed by atoms with Gasteiger partial charge in [-0.15, -0.1) is 0 Å². The van der Waals surface area contributed by atoms with Crippen LogP contribution in [0.25, 0.3) is 0 Å². The largest absolute Gasteiger partial charge is 0.477 e. The Morgan fingerprint density at radius 2 is 1.83 bits per heavy atom. The van der Waals surface area contributed by atoms with Gasteiger partial charge in [-0.2, -0.15) is 5.10 Å². The van der Waals surface area contributed by atoms with Gasteiger partial charge in [0.2, 0.25) is 0 Å². The summed E-state index contributed by atoms with van der Waals surface area (Å²) >= 11 is 0. The fourth-order valence-electron chi connectivity index (χ4n) is 2.54. The van der Waals surface area contributed by atoms with E-state index in [1.165, 1.54) is 12.1 Å². The van der Waals surface area contributed by atoms with E-state index in [1.54, 1.807) is 17.1 Å². The first-order valence-corrected chi connectivity index (χ1v) is 6.95. The van der Waals surface area contributed by atoms with E-state index in [9.17, 15) is 20.0 Å². The molecule has 1 heterocycles. The van der Waals surface area contributed by atoms with Crippen LogP contribution in [0, 0.1) is 10.1 Å². The number of rotatable bonds is 4. The van der Waals surface area contributed by atoms with Crippen LogP contribution in [-0.2, 0) is 4.79 Å². The van der Waals surface area contributed by atoms with Gasteiger partial charge in [-0.1, -0.05) is 30.3 Å². The summed E-state index contributed by atoms with van der Waals surface area (Å²) in [6.07, 6.45) is 0.274. The Bertz CT molecular complexity index is 772. The SMILES string of the molecule is O=C(O)C1=NN(c2ccc([N+](=O)[O-])cc2)[C@@H](c2ccccc2)C1. The van der Waals surface area contributed by atoms with Crippen molar-refractivity contribution in [2.45, 2.75) is 12.5 Å². The van der Waals surface area contributed by atoms with Crippen LogP contribution in [0.5, 0.6) is 0 Å². The Kier molecular flexibility index (Phi) is 3.76. The third-order valence-electron chi connectivity index (χ3n) is 3.67. The summed E-state index contributed by atoms with van der Waals surface area (Å²) in [5, 5.41) is 25.7. The molecule has 0 aliphatic carbocycles. The molecule has 0 fully saturated rings. The lowest BCUT2D eigenvalue weighted by molar-refractivity contribution is -0.384. The van der Waals surface area contributed by atoms with Gasteiger partial charge in [0.15, 0.2) is 0 Å². The maximum Gasteiger partial charge on any atom is 0.352 e. The minimum absolute atomic E-state index is 0.0216. The molecule has 0 spiro atoms. The standard InChI is InChI=1S/C16H13N3O4/c20-16(21)14-10-15(11-4-2-1-3-5-11)18(17-14)12-6-8-13(9-7-12)19(22)23/h1-9,15H,10H2,(H,20,21)/t15-/m1/s1.